The molecule has 8 heteroatoms. The number of hydrogen-bond donors (Lipinski definition) is 0. The van der Waals surface area contributed by atoms with Crippen molar-refractivity contribution in [3.8, 4) is 0 Å². The Balaban J connectivity index is 2.40. The van der Waals surface area contributed by atoms with Crippen molar-refractivity contribution in [3.05, 3.63) is 62.5 Å². The molecule has 0 aliphatic heterocycles. The zero-order valence-corrected chi connectivity index (χ0v) is 15.8. The Hall–Kier alpha value is -1.44. The third kappa shape index (κ3) is 4.40. The predicted molar refractivity (Wildman–Crippen MR) is 95.0 cm³/mol. The zero-order chi connectivity index (χ0) is 18.9. The molecule has 0 aliphatic carbocycles. The molecule has 0 spiro atoms. The fraction of sp³-hybridized carbons (Fsp3) is 0.353. The van der Waals surface area contributed by atoms with Crippen LogP contribution in [0.5, 0.6) is 0 Å². The molecule has 0 saturated carbocycles. The maximum atomic E-state index is 13.6. The largest absolute Gasteiger partial charge is 0.408 e. The van der Waals surface area contributed by atoms with Crippen molar-refractivity contribution in [3.63, 3.8) is 0 Å². The van der Waals surface area contributed by atoms with E-state index in [-0.39, 0.29) is 11.1 Å². The molecule has 1 aromatic heterocycles. The van der Waals surface area contributed by atoms with Crippen LogP contribution < -0.4 is 5.56 Å². The van der Waals surface area contributed by atoms with E-state index in [1.165, 1.54) is 35.9 Å². The number of pyridine rings is 1. The van der Waals surface area contributed by atoms with Gasteiger partial charge in [0.25, 0.3) is 5.56 Å². The van der Waals surface area contributed by atoms with Gasteiger partial charge in [0.2, 0.25) is 0 Å². The molecule has 136 valence electrons. The van der Waals surface area contributed by atoms with Crippen molar-refractivity contribution in [1.29, 1.82) is 0 Å². The summed E-state index contributed by atoms with van der Waals surface area (Å²) in [7, 11) is 2.99. The second-order valence-electron chi connectivity index (χ2n) is 5.77. The molecule has 2 aromatic rings. The lowest BCUT2D eigenvalue weighted by atomic mass is 10.1. The van der Waals surface area contributed by atoms with E-state index < -0.39 is 12.2 Å². The molecule has 1 heterocycles. The van der Waals surface area contributed by atoms with Gasteiger partial charge in [0.05, 0.1) is 0 Å². The molecular formula is C17H18ClF3N2OS. The van der Waals surface area contributed by atoms with Gasteiger partial charge in [-0.15, -0.1) is 0 Å². The van der Waals surface area contributed by atoms with Crippen LogP contribution in [0.2, 0.25) is 5.02 Å². The zero-order valence-electron chi connectivity index (χ0n) is 14.2. The molecule has 0 N–H and O–H groups in total. The summed E-state index contributed by atoms with van der Waals surface area (Å²) >= 11 is 6.74. The van der Waals surface area contributed by atoms with Crippen LogP contribution >= 0.6 is 23.5 Å². The first-order chi connectivity index (χ1) is 11.5. The lowest BCUT2D eigenvalue weighted by molar-refractivity contribution is -0.169. The Morgan fingerprint density at radius 1 is 1.20 bits per heavy atom. The van der Waals surface area contributed by atoms with Gasteiger partial charge in [0, 0.05) is 28.2 Å². The van der Waals surface area contributed by atoms with Crippen molar-refractivity contribution in [2.24, 2.45) is 7.05 Å². The first-order valence-corrected chi connectivity index (χ1v) is 8.57. The van der Waals surface area contributed by atoms with Crippen molar-refractivity contribution >= 4 is 23.5 Å². The van der Waals surface area contributed by atoms with Gasteiger partial charge in [-0.05, 0) is 56.6 Å². The van der Waals surface area contributed by atoms with E-state index in [0.717, 1.165) is 16.3 Å². The van der Waals surface area contributed by atoms with Crippen LogP contribution in [0.25, 0.3) is 0 Å². The highest BCUT2D eigenvalue weighted by Crippen LogP contribution is 2.42. The Kier molecular flexibility index (Phi) is 5.91. The number of alkyl halides is 3. The monoisotopic (exact) mass is 390 g/mol. The number of hydrogen-bond acceptors (Lipinski definition) is 3. The molecule has 2 rings (SSSR count). The third-order valence-electron chi connectivity index (χ3n) is 3.95. The summed E-state index contributed by atoms with van der Waals surface area (Å²) < 4.78 is 43.5. The highest BCUT2D eigenvalue weighted by Gasteiger charge is 2.44. The first kappa shape index (κ1) is 19.9. The van der Waals surface area contributed by atoms with Crippen LogP contribution in [0.1, 0.15) is 22.9 Å². The van der Waals surface area contributed by atoms with Crippen molar-refractivity contribution in [2.45, 2.75) is 31.0 Å². The number of nitrogens with zero attached hydrogens (tertiary/aromatic N) is 2. The van der Waals surface area contributed by atoms with Crippen molar-refractivity contribution in [2.75, 3.05) is 7.05 Å². The molecule has 25 heavy (non-hydrogen) atoms. The topological polar surface area (TPSA) is 25.2 Å². The Morgan fingerprint density at radius 2 is 1.76 bits per heavy atom. The van der Waals surface area contributed by atoms with E-state index >= 15 is 0 Å². The molecule has 0 fully saturated rings. The summed E-state index contributed by atoms with van der Waals surface area (Å²) in [5, 5.41) is 0.379. The molecule has 1 atom stereocenters. The van der Waals surface area contributed by atoms with Gasteiger partial charge in [-0.3, -0.25) is 4.79 Å². The average molecular weight is 391 g/mol. The molecule has 3 nitrogen and oxygen atoms in total. The fourth-order valence-electron chi connectivity index (χ4n) is 2.50. The summed E-state index contributed by atoms with van der Waals surface area (Å²) in [6.07, 6.45) is -4.46. The van der Waals surface area contributed by atoms with Crippen LogP contribution in [0, 0.1) is 13.8 Å². The summed E-state index contributed by atoms with van der Waals surface area (Å²) in [6.45, 7) is 3.36. The van der Waals surface area contributed by atoms with E-state index in [4.69, 9.17) is 11.6 Å². The fourth-order valence-corrected chi connectivity index (χ4v) is 3.78. The van der Waals surface area contributed by atoms with Crippen molar-refractivity contribution in [1.82, 2.24) is 8.87 Å². The van der Waals surface area contributed by atoms with Crippen LogP contribution in [0.4, 0.5) is 13.2 Å². The van der Waals surface area contributed by atoms with E-state index in [2.05, 4.69) is 0 Å². The molecule has 0 amide bonds. The van der Waals surface area contributed by atoms with Crippen LogP contribution in [-0.2, 0) is 7.05 Å². The lowest BCUT2D eigenvalue weighted by Gasteiger charge is -2.30. The number of aromatic nitrogens is 1. The highest BCUT2D eigenvalue weighted by molar-refractivity contribution is 7.97. The number of benzene rings is 1. The molecule has 1 aromatic carbocycles. The molecule has 0 saturated heterocycles. The minimum atomic E-state index is -4.46. The molecular weight excluding hydrogens is 373 g/mol. The SMILES string of the molecule is Cc1cc(SN(C)C(c2ccc(Cl)cc2)C(F)(F)F)c(C)n(C)c1=O. The van der Waals surface area contributed by atoms with Crippen molar-refractivity contribution < 1.29 is 13.2 Å². The van der Waals surface area contributed by atoms with Crippen LogP contribution in [0.15, 0.2) is 40.0 Å². The van der Waals surface area contributed by atoms with Gasteiger partial charge in [-0.25, -0.2) is 4.31 Å². The van der Waals surface area contributed by atoms with E-state index in [1.54, 1.807) is 27.0 Å². The van der Waals surface area contributed by atoms with E-state index in [1.807, 2.05) is 0 Å². The summed E-state index contributed by atoms with van der Waals surface area (Å²) in [4.78, 5) is 12.5. The maximum absolute atomic E-state index is 13.6. The molecule has 0 radical (unpaired) electrons. The summed E-state index contributed by atoms with van der Waals surface area (Å²) in [5.41, 5.74) is 1.05. The summed E-state index contributed by atoms with van der Waals surface area (Å²) in [6, 6.07) is 5.44. The third-order valence-corrected chi connectivity index (χ3v) is 5.31. The minimum Gasteiger partial charge on any atom is -0.315 e. The standard InChI is InChI=1S/C17H18ClF3N2OS/c1-10-9-14(11(2)22(3)16(10)24)25-23(4)15(17(19,20)21)12-5-7-13(18)8-6-12/h5-9,15H,1-4H3. The van der Waals surface area contributed by atoms with Crippen LogP contribution in [0.3, 0.4) is 0 Å². The molecule has 1 unspecified atom stereocenters. The van der Waals surface area contributed by atoms with E-state index in [9.17, 15) is 18.0 Å². The number of rotatable bonds is 4. The van der Waals surface area contributed by atoms with E-state index in [0.29, 0.717) is 21.2 Å². The quantitative estimate of drug-likeness (QED) is 0.694. The summed E-state index contributed by atoms with van der Waals surface area (Å²) in [5.74, 6) is 0. The second-order valence-corrected chi connectivity index (χ2v) is 7.41. The van der Waals surface area contributed by atoms with Gasteiger partial charge in [-0.1, -0.05) is 23.7 Å². The molecule has 0 aliphatic rings. The average Bonchev–Trinajstić information content (AvgIpc) is 2.51. The first-order valence-electron chi connectivity index (χ1n) is 7.42. The normalized spacial score (nSPS) is 13.3. The second kappa shape index (κ2) is 7.43. The predicted octanol–water partition coefficient (Wildman–Crippen LogP) is 4.90. The number of halogens is 4. The van der Waals surface area contributed by atoms with Gasteiger partial charge >= 0.3 is 6.18 Å². The maximum Gasteiger partial charge on any atom is 0.408 e. The smallest absolute Gasteiger partial charge is 0.315 e. The Morgan fingerprint density at radius 3 is 2.28 bits per heavy atom. The van der Waals surface area contributed by atoms with Crippen LogP contribution in [-0.4, -0.2) is 22.1 Å². The minimum absolute atomic E-state index is 0.103. The van der Waals surface area contributed by atoms with Gasteiger partial charge < -0.3 is 4.57 Å². The Labute approximate surface area is 153 Å². The van der Waals surface area contributed by atoms with Gasteiger partial charge in [0.1, 0.15) is 6.04 Å². The lowest BCUT2D eigenvalue weighted by Crippen LogP contribution is -2.32. The number of aryl methyl sites for hydroxylation is 1. The Bertz CT molecular complexity index is 818. The van der Waals surface area contributed by atoms with Gasteiger partial charge in [0.15, 0.2) is 0 Å². The highest BCUT2D eigenvalue weighted by atomic mass is 35.5. The molecule has 0 bridgehead atoms. The van der Waals surface area contributed by atoms with Gasteiger partial charge in [-0.2, -0.15) is 13.2 Å².